The number of aryl methyl sites for hydroxylation is 1. The van der Waals surface area contributed by atoms with E-state index in [0.29, 0.717) is 18.0 Å². The normalized spacial score (nSPS) is 16.8. The van der Waals surface area contributed by atoms with Crippen molar-refractivity contribution in [3.05, 3.63) is 35.4 Å². The first-order valence-corrected chi connectivity index (χ1v) is 7.65. The van der Waals surface area contributed by atoms with Crippen LogP contribution in [0.25, 0.3) is 0 Å². The van der Waals surface area contributed by atoms with Crippen molar-refractivity contribution in [3.8, 4) is 0 Å². The Bertz CT molecular complexity index is 489. The average molecular weight is 289 g/mol. The van der Waals surface area contributed by atoms with Crippen molar-refractivity contribution < 1.29 is 14.7 Å². The van der Waals surface area contributed by atoms with Gasteiger partial charge in [-0.1, -0.05) is 42.7 Å². The molecular weight excluding hydrogens is 266 g/mol. The SMILES string of the molecule is Cc1ccc(C(=O)C(CCC(=O)O)NC2CCCC2)cc1. The van der Waals surface area contributed by atoms with Gasteiger partial charge in [-0.05, 0) is 26.2 Å². The van der Waals surface area contributed by atoms with Crippen LogP contribution in [0.5, 0.6) is 0 Å². The Kier molecular flexibility index (Phi) is 5.51. The lowest BCUT2D eigenvalue weighted by Crippen LogP contribution is -2.42. The zero-order valence-electron chi connectivity index (χ0n) is 12.5. The van der Waals surface area contributed by atoms with Gasteiger partial charge in [0.15, 0.2) is 5.78 Å². The third-order valence-corrected chi connectivity index (χ3v) is 4.09. The van der Waals surface area contributed by atoms with E-state index in [4.69, 9.17) is 5.11 Å². The van der Waals surface area contributed by atoms with Gasteiger partial charge in [0.2, 0.25) is 0 Å². The van der Waals surface area contributed by atoms with Crippen molar-refractivity contribution in [2.45, 2.75) is 57.5 Å². The lowest BCUT2D eigenvalue weighted by atomic mass is 9.98. The number of Topliss-reactive ketones (excluding diaryl/α,β-unsaturated/α-hetero) is 1. The van der Waals surface area contributed by atoms with Crippen molar-refractivity contribution in [1.82, 2.24) is 5.32 Å². The summed E-state index contributed by atoms with van der Waals surface area (Å²) in [7, 11) is 0. The topological polar surface area (TPSA) is 66.4 Å². The van der Waals surface area contributed by atoms with Crippen LogP contribution in [0.3, 0.4) is 0 Å². The molecule has 4 nitrogen and oxygen atoms in total. The van der Waals surface area contributed by atoms with Crippen molar-refractivity contribution in [2.75, 3.05) is 0 Å². The minimum atomic E-state index is -0.857. The number of hydrogen-bond donors (Lipinski definition) is 2. The Labute approximate surface area is 125 Å². The monoisotopic (exact) mass is 289 g/mol. The van der Waals surface area contributed by atoms with Gasteiger partial charge in [-0.25, -0.2) is 0 Å². The van der Waals surface area contributed by atoms with E-state index in [1.807, 2.05) is 31.2 Å². The molecule has 0 bridgehead atoms. The second-order valence-corrected chi connectivity index (χ2v) is 5.86. The van der Waals surface area contributed by atoms with Crippen LogP contribution < -0.4 is 5.32 Å². The third-order valence-electron chi connectivity index (χ3n) is 4.09. The first-order chi connectivity index (χ1) is 10.1. The number of rotatable bonds is 7. The highest BCUT2D eigenvalue weighted by molar-refractivity contribution is 6.00. The van der Waals surface area contributed by atoms with Gasteiger partial charge in [-0.15, -0.1) is 0 Å². The van der Waals surface area contributed by atoms with Crippen molar-refractivity contribution in [2.24, 2.45) is 0 Å². The molecule has 114 valence electrons. The molecule has 0 aliphatic heterocycles. The van der Waals surface area contributed by atoms with Crippen LogP contribution in [0.4, 0.5) is 0 Å². The van der Waals surface area contributed by atoms with Crippen LogP contribution in [-0.2, 0) is 4.79 Å². The number of aliphatic carboxylic acids is 1. The Morgan fingerprint density at radius 3 is 2.43 bits per heavy atom. The summed E-state index contributed by atoms with van der Waals surface area (Å²) >= 11 is 0. The van der Waals surface area contributed by atoms with Gasteiger partial charge in [0.1, 0.15) is 0 Å². The van der Waals surface area contributed by atoms with Crippen molar-refractivity contribution in [3.63, 3.8) is 0 Å². The lowest BCUT2D eigenvalue weighted by molar-refractivity contribution is -0.137. The Morgan fingerprint density at radius 1 is 1.24 bits per heavy atom. The first kappa shape index (κ1) is 15.7. The zero-order valence-corrected chi connectivity index (χ0v) is 12.5. The Morgan fingerprint density at radius 2 is 1.86 bits per heavy atom. The van der Waals surface area contributed by atoms with Crippen molar-refractivity contribution >= 4 is 11.8 Å². The molecule has 0 saturated heterocycles. The number of nitrogens with one attached hydrogen (secondary N) is 1. The maximum Gasteiger partial charge on any atom is 0.303 e. The molecule has 1 fully saturated rings. The number of carboxylic acid groups (broad SMARTS) is 1. The van der Waals surface area contributed by atoms with Crippen LogP contribution in [0.2, 0.25) is 0 Å². The van der Waals surface area contributed by atoms with Gasteiger partial charge in [0, 0.05) is 18.0 Å². The zero-order chi connectivity index (χ0) is 15.2. The van der Waals surface area contributed by atoms with E-state index in [9.17, 15) is 9.59 Å². The fourth-order valence-electron chi connectivity index (χ4n) is 2.85. The summed E-state index contributed by atoms with van der Waals surface area (Å²) in [6, 6.07) is 7.42. The molecule has 0 heterocycles. The smallest absolute Gasteiger partial charge is 0.303 e. The van der Waals surface area contributed by atoms with E-state index in [-0.39, 0.29) is 12.2 Å². The molecular formula is C17H23NO3. The van der Waals surface area contributed by atoms with Crippen LogP contribution in [0.15, 0.2) is 24.3 Å². The Hall–Kier alpha value is -1.68. The summed E-state index contributed by atoms with van der Waals surface area (Å²) in [4.78, 5) is 23.4. The van der Waals surface area contributed by atoms with E-state index in [1.54, 1.807) is 0 Å². The minimum absolute atomic E-state index is 0.00292. The molecule has 2 N–H and O–H groups in total. The summed E-state index contributed by atoms with van der Waals surface area (Å²) in [6.07, 6.45) is 4.88. The standard InChI is InChI=1S/C17H23NO3/c1-12-6-8-13(9-7-12)17(21)15(10-11-16(19)20)18-14-4-2-3-5-14/h6-9,14-15,18H,2-5,10-11H2,1H3,(H,19,20). The molecule has 0 amide bonds. The number of carbonyl (C=O) groups is 2. The molecule has 1 aromatic carbocycles. The molecule has 1 unspecified atom stereocenters. The van der Waals surface area contributed by atoms with Crippen LogP contribution >= 0.6 is 0 Å². The minimum Gasteiger partial charge on any atom is -0.481 e. The summed E-state index contributed by atoms with van der Waals surface area (Å²) in [5, 5.41) is 12.2. The molecule has 1 aliphatic rings. The van der Waals surface area contributed by atoms with Gasteiger partial charge in [-0.2, -0.15) is 0 Å². The van der Waals surface area contributed by atoms with E-state index >= 15 is 0 Å². The molecule has 0 aromatic heterocycles. The molecule has 1 atom stereocenters. The molecule has 2 rings (SSSR count). The van der Waals surface area contributed by atoms with Gasteiger partial charge in [0.25, 0.3) is 0 Å². The van der Waals surface area contributed by atoms with E-state index < -0.39 is 12.0 Å². The molecule has 4 heteroatoms. The number of carboxylic acids is 1. The first-order valence-electron chi connectivity index (χ1n) is 7.65. The molecule has 0 spiro atoms. The van der Waals surface area contributed by atoms with Gasteiger partial charge >= 0.3 is 5.97 Å². The summed E-state index contributed by atoms with van der Waals surface area (Å²) in [5.74, 6) is -0.854. The van der Waals surface area contributed by atoms with Gasteiger partial charge in [-0.3, -0.25) is 9.59 Å². The predicted octanol–water partition coefficient (Wildman–Crippen LogP) is 2.94. The second kappa shape index (κ2) is 7.36. The highest BCUT2D eigenvalue weighted by Gasteiger charge is 2.25. The predicted molar refractivity (Wildman–Crippen MR) is 81.6 cm³/mol. The lowest BCUT2D eigenvalue weighted by Gasteiger charge is -2.21. The average Bonchev–Trinajstić information content (AvgIpc) is 2.96. The fourth-order valence-corrected chi connectivity index (χ4v) is 2.85. The van der Waals surface area contributed by atoms with E-state index in [2.05, 4.69) is 5.32 Å². The highest BCUT2D eigenvalue weighted by atomic mass is 16.4. The molecule has 1 saturated carbocycles. The molecule has 1 aromatic rings. The quantitative estimate of drug-likeness (QED) is 0.757. The molecule has 21 heavy (non-hydrogen) atoms. The van der Waals surface area contributed by atoms with Gasteiger partial charge in [0.05, 0.1) is 6.04 Å². The summed E-state index contributed by atoms with van der Waals surface area (Å²) < 4.78 is 0. The molecule has 1 aliphatic carbocycles. The van der Waals surface area contributed by atoms with Crippen LogP contribution in [0.1, 0.15) is 54.4 Å². The van der Waals surface area contributed by atoms with Gasteiger partial charge < -0.3 is 10.4 Å². The number of ketones is 1. The van der Waals surface area contributed by atoms with E-state index in [0.717, 1.165) is 18.4 Å². The summed E-state index contributed by atoms with van der Waals surface area (Å²) in [5.41, 5.74) is 1.76. The summed E-state index contributed by atoms with van der Waals surface area (Å²) in [6.45, 7) is 1.98. The fraction of sp³-hybridized carbons (Fsp3) is 0.529. The number of benzene rings is 1. The van der Waals surface area contributed by atoms with Crippen molar-refractivity contribution in [1.29, 1.82) is 0 Å². The van der Waals surface area contributed by atoms with E-state index in [1.165, 1.54) is 12.8 Å². The third kappa shape index (κ3) is 4.67. The number of carbonyl (C=O) groups excluding carboxylic acids is 1. The number of hydrogen-bond acceptors (Lipinski definition) is 3. The maximum absolute atomic E-state index is 12.6. The Balaban J connectivity index is 2.06. The van der Waals surface area contributed by atoms with Crippen LogP contribution in [0, 0.1) is 6.92 Å². The second-order valence-electron chi connectivity index (χ2n) is 5.86. The van der Waals surface area contributed by atoms with Crippen LogP contribution in [-0.4, -0.2) is 28.9 Å². The maximum atomic E-state index is 12.6. The highest BCUT2D eigenvalue weighted by Crippen LogP contribution is 2.20. The largest absolute Gasteiger partial charge is 0.481 e. The molecule has 0 radical (unpaired) electrons.